The molecule has 1 rings (SSSR count). The minimum absolute atomic E-state index is 0.260. The number of nitrogens with one attached hydrogen (secondary N) is 2. The van der Waals surface area contributed by atoms with Crippen molar-refractivity contribution in [2.75, 3.05) is 12.9 Å². The molecule has 0 bridgehead atoms. The third-order valence-electron chi connectivity index (χ3n) is 3.54. The van der Waals surface area contributed by atoms with Crippen molar-refractivity contribution in [3.8, 4) is 11.8 Å². The minimum Gasteiger partial charge on any atom is -0.384 e. The third kappa shape index (κ3) is 4.89. The van der Waals surface area contributed by atoms with Gasteiger partial charge in [0.2, 0.25) is 0 Å². The van der Waals surface area contributed by atoms with Crippen molar-refractivity contribution in [3.05, 3.63) is 35.4 Å². The van der Waals surface area contributed by atoms with Gasteiger partial charge in [-0.3, -0.25) is 19.0 Å². The maximum atomic E-state index is 12.3. The van der Waals surface area contributed by atoms with Crippen LogP contribution in [0.4, 0.5) is 0 Å². The lowest BCUT2D eigenvalue weighted by molar-refractivity contribution is -0.131. The summed E-state index contributed by atoms with van der Waals surface area (Å²) >= 11 is 0. The Morgan fingerprint density at radius 2 is 1.88 bits per heavy atom. The summed E-state index contributed by atoms with van der Waals surface area (Å²) in [4.78, 5) is 24.2. The summed E-state index contributed by atoms with van der Waals surface area (Å²) in [5.74, 6) is 3.78. The summed E-state index contributed by atoms with van der Waals surface area (Å²) in [5.41, 5.74) is 2.39. The van der Waals surface area contributed by atoms with Gasteiger partial charge in [0.05, 0.1) is 4.75 Å². The first-order valence-electron chi connectivity index (χ1n) is 7.02. The lowest BCUT2D eigenvalue weighted by Crippen LogP contribution is -2.58. The van der Waals surface area contributed by atoms with Crippen molar-refractivity contribution in [2.45, 2.75) is 24.6 Å². The molecule has 0 fully saturated rings. The van der Waals surface area contributed by atoms with Crippen molar-refractivity contribution in [1.82, 2.24) is 10.8 Å². The Kier molecular flexibility index (Phi) is 7.10. The lowest BCUT2D eigenvalue weighted by Gasteiger charge is -2.31. The standard InChI is InChI=1S/C16H20N2O5S/c1-16(2,24(3)23)13(15(21)18-22)17-14(20)12-8-6-11(7-9-12)5-4-10-19/h6-9,13,19,22H,10H2,1-3H3,(H,17,20)(H,18,21)/t13-,24?/m1/s1. The number of hydrogen-bond acceptors (Lipinski definition) is 5. The largest absolute Gasteiger partial charge is 0.384 e. The van der Waals surface area contributed by atoms with Crippen LogP contribution in [0.15, 0.2) is 24.3 Å². The van der Waals surface area contributed by atoms with Gasteiger partial charge >= 0.3 is 0 Å². The summed E-state index contributed by atoms with van der Waals surface area (Å²) in [6, 6.07) is 5.04. The topological polar surface area (TPSA) is 116 Å². The molecule has 0 aliphatic heterocycles. The highest BCUT2D eigenvalue weighted by Crippen LogP contribution is 2.18. The Bertz CT molecular complexity index is 689. The fraction of sp³-hybridized carbons (Fsp3) is 0.375. The van der Waals surface area contributed by atoms with Gasteiger partial charge in [0.1, 0.15) is 12.6 Å². The van der Waals surface area contributed by atoms with Gasteiger partial charge < -0.3 is 10.4 Å². The second-order valence-electron chi connectivity index (χ2n) is 5.48. The molecular formula is C16H20N2O5S. The highest BCUT2D eigenvalue weighted by Gasteiger charge is 2.39. The van der Waals surface area contributed by atoms with Gasteiger partial charge in [-0.1, -0.05) is 11.8 Å². The molecule has 2 amide bonds. The van der Waals surface area contributed by atoms with E-state index in [0.717, 1.165) is 0 Å². The number of amides is 2. The molecule has 7 nitrogen and oxygen atoms in total. The van der Waals surface area contributed by atoms with E-state index in [2.05, 4.69) is 17.2 Å². The number of aliphatic hydroxyl groups excluding tert-OH is 1. The molecule has 1 aromatic rings. The van der Waals surface area contributed by atoms with E-state index in [4.69, 9.17) is 10.3 Å². The molecule has 4 N–H and O–H groups in total. The second kappa shape index (κ2) is 8.59. The Hall–Kier alpha value is -2.21. The van der Waals surface area contributed by atoms with Crippen molar-refractivity contribution >= 4 is 22.6 Å². The molecule has 8 heteroatoms. The van der Waals surface area contributed by atoms with Gasteiger partial charge in [0.25, 0.3) is 11.8 Å². The van der Waals surface area contributed by atoms with Crippen LogP contribution in [0.2, 0.25) is 0 Å². The first-order chi connectivity index (χ1) is 11.2. The molecule has 1 aromatic carbocycles. The molecule has 1 unspecified atom stereocenters. The summed E-state index contributed by atoms with van der Waals surface area (Å²) < 4.78 is 10.8. The summed E-state index contributed by atoms with van der Waals surface area (Å²) in [6.07, 6.45) is 1.42. The second-order valence-corrected chi connectivity index (χ2v) is 7.44. The van der Waals surface area contributed by atoms with Gasteiger partial charge in [-0.2, -0.15) is 0 Å². The van der Waals surface area contributed by atoms with Crippen LogP contribution in [-0.2, 0) is 15.6 Å². The molecular weight excluding hydrogens is 332 g/mol. The van der Waals surface area contributed by atoms with Gasteiger partial charge in [-0.25, -0.2) is 5.48 Å². The first kappa shape index (κ1) is 19.8. The maximum absolute atomic E-state index is 12.3. The monoisotopic (exact) mass is 352 g/mol. The average molecular weight is 352 g/mol. The quantitative estimate of drug-likeness (QED) is 0.332. The summed E-state index contributed by atoms with van der Waals surface area (Å²) in [7, 11) is -1.44. The summed E-state index contributed by atoms with van der Waals surface area (Å²) in [5, 5.41) is 20.0. The fourth-order valence-electron chi connectivity index (χ4n) is 1.85. The van der Waals surface area contributed by atoms with E-state index in [-0.39, 0.29) is 12.2 Å². The molecule has 0 saturated carbocycles. The highest BCUT2D eigenvalue weighted by molar-refractivity contribution is 7.85. The fourth-order valence-corrected chi connectivity index (χ4v) is 2.34. The van der Waals surface area contributed by atoms with E-state index >= 15 is 0 Å². The van der Waals surface area contributed by atoms with E-state index < -0.39 is 33.4 Å². The van der Waals surface area contributed by atoms with Crippen LogP contribution in [-0.4, -0.2) is 50.0 Å². The van der Waals surface area contributed by atoms with Crippen LogP contribution in [0.5, 0.6) is 0 Å². The van der Waals surface area contributed by atoms with E-state index in [0.29, 0.717) is 5.56 Å². The Balaban J connectivity index is 3.00. The van der Waals surface area contributed by atoms with Crippen LogP contribution in [0.25, 0.3) is 0 Å². The molecule has 0 heterocycles. The minimum atomic E-state index is -1.44. The van der Waals surface area contributed by atoms with Gasteiger partial charge in [-0.15, -0.1) is 0 Å². The van der Waals surface area contributed by atoms with Crippen LogP contribution in [0.1, 0.15) is 29.8 Å². The van der Waals surface area contributed by atoms with Gasteiger partial charge in [0.15, 0.2) is 0 Å². The number of hydrogen-bond donors (Lipinski definition) is 4. The normalized spacial score (nSPS) is 13.2. The first-order valence-corrected chi connectivity index (χ1v) is 8.58. The molecule has 0 saturated heterocycles. The van der Waals surface area contributed by atoms with Crippen LogP contribution < -0.4 is 10.8 Å². The molecule has 0 aliphatic rings. The number of carbonyl (C=O) groups excluding carboxylic acids is 2. The average Bonchev–Trinajstić information content (AvgIpc) is 2.57. The highest BCUT2D eigenvalue weighted by atomic mass is 32.2. The number of rotatable bonds is 5. The van der Waals surface area contributed by atoms with Crippen LogP contribution in [0.3, 0.4) is 0 Å². The zero-order valence-electron chi connectivity index (χ0n) is 13.6. The smallest absolute Gasteiger partial charge is 0.267 e. The summed E-state index contributed by atoms with van der Waals surface area (Å²) in [6.45, 7) is 2.84. The number of benzene rings is 1. The zero-order chi connectivity index (χ0) is 18.3. The van der Waals surface area contributed by atoms with Crippen LogP contribution in [0, 0.1) is 11.8 Å². The Morgan fingerprint density at radius 3 is 2.33 bits per heavy atom. The Labute approximate surface area is 142 Å². The molecule has 0 aliphatic carbocycles. The van der Waals surface area contributed by atoms with Gasteiger partial charge in [-0.05, 0) is 38.1 Å². The lowest BCUT2D eigenvalue weighted by atomic mass is 10.0. The molecule has 0 radical (unpaired) electrons. The van der Waals surface area contributed by atoms with E-state index in [9.17, 15) is 13.8 Å². The van der Waals surface area contributed by atoms with Crippen molar-refractivity contribution in [2.24, 2.45) is 0 Å². The molecule has 2 atom stereocenters. The van der Waals surface area contributed by atoms with E-state index in [1.807, 2.05) is 0 Å². The van der Waals surface area contributed by atoms with E-state index in [1.54, 1.807) is 26.0 Å². The molecule has 130 valence electrons. The van der Waals surface area contributed by atoms with Crippen LogP contribution >= 0.6 is 0 Å². The number of carbonyl (C=O) groups is 2. The molecule has 0 aromatic heterocycles. The SMILES string of the molecule is CS(=O)C(C)(C)[C@H](NC(=O)c1ccc(C#CCO)cc1)C(=O)NO. The molecule has 0 spiro atoms. The molecule has 24 heavy (non-hydrogen) atoms. The predicted octanol–water partition coefficient (Wildman–Crippen LogP) is -0.209. The zero-order valence-corrected chi connectivity index (χ0v) is 14.4. The third-order valence-corrected chi connectivity index (χ3v) is 5.26. The van der Waals surface area contributed by atoms with Crippen molar-refractivity contribution in [3.63, 3.8) is 0 Å². The maximum Gasteiger partial charge on any atom is 0.267 e. The van der Waals surface area contributed by atoms with Gasteiger partial charge in [0, 0.05) is 28.2 Å². The number of aliphatic hydroxyl groups is 1. The Morgan fingerprint density at radius 1 is 1.29 bits per heavy atom. The van der Waals surface area contributed by atoms with Crippen molar-refractivity contribution in [1.29, 1.82) is 0 Å². The predicted molar refractivity (Wildman–Crippen MR) is 89.7 cm³/mol. The van der Waals surface area contributed by atoms with Crippen molar-refractivity contribution < 1.29 is 24.1 Å². The number of hydroxylamine groups is 1. The van der Waals surface area contributed by atoms with E-state index in [1.165, 1.54) is 23.9 Å².